The van der Waals surface area contributed by atoms with E-state index in [0.29, 0.717) is 25.2 Å². The van der Waals surface area contributed by atoms with Crippen LogP contribution in [0.4, 0.5) is 0 Å². The van der Waals surface area contributed by atoms with Gasteiger partial charge in [0.25, 0.3) is 11.8 Å². The number of carbonyl (C=O) groups excluding carboxylic acids is 3. The van der Waals surface area contributed by atoms with Crippen molar-refractivity contribution in [2.24, 2.45) is 0 Å². The van der Waals surface area contributed by atoms with Gasteiger partial charge < -0.3 is 15.5 Å². The maximum atomic E-state index is 13.1. The molecule has 0 unspecified atom stereocenters. The summed E-state index contributed by atoms with van der Waals surface area (Å²) in [5.41, 5.74) is 3.75. The second-order valence-electron chi connectivity index (χ2n) is 9.37. The van der Waals surface area contributed by atoms with Crippen molar-refractivity contribution < 1.29 is 14.4 Å². The Kier molecular flexibility index (Phi) is 6.73. The Morgan fingerprint density at radius 1 is 0.971 bits per heavy atom. The van der Waals surface area contributed by atoms with Gasteiger partial charge in [-0.25, -0.2) is 0 Å². The number of amides is 3. The molecular formula is C27H31N5O3. The Morgan fingerprint density at radius 2 is 1.57 bits per heavy atom. The monoisotopic (exact) mass is 473 g/mol. The molecule has 4 rings (SSSR count). The van der Waals surface area contributed by atoms with Crippen molar-refractivity contribution in [3.05, 3.63) is 88.2 Å². The van der Waals surface area contributed by atoms with Crippen molar-refractivity contribution in [2.75, 3.05) is 13.6 Å². The van der Waals surface area contributed by atoms with Gasteiger partial charge in [-0.15, -0.1) is 0 Å². The fraction of sp³-hybridized carbons (Fsp3) is 0.333. The second kappa shape index (κ2) is 9.74. The first kappa shape index (κ1) is 24.2. The van der Waals surface area contributed by atoms with Crippen molar-refractivity contribution in [3.63, 3.8) is 0 Å². The fourth-order valence-corrected chi connectivity index (χ4v) is 4.08. The third kappa shape index (κ3) is 5.11. The molecule has 1 aliphatic heterocycles. The molecule has 2 aromatic carbocycles. The van der Waals surface area contributed by atoms with Crippen LogP contribution in [0.15, 0.2) is 54.6 Å². The van der Waals surface area contributed by atoms with E-state index in [1.807, 2.05) is 62.4 Å². The molecular weight excluding hydrogens is 442 g/mol. The molecule has 182 valence electrons. The van der Waals surface area contributed by atoms with Crippen LogP contribution in [0.2, 0.25) is 0 Å². The summed E-state index contributed by atoms with van der Waals surface area (Å²) < 4.78 is 1.46. The lowest BCUT2D eigenvalue weighted by Crippen LogP contribution is -2.62. The lowest BCUT2D eigenvalue weighted by Gasteiger charge is -2.40. The Morgan fingerprint density at radius 3 is 2.20 bits per heavy atom. The van der Waals surface area contributed by atoms with Crippen LogP contribution in [0.1, 0.15) is 50.2 Å². The molecule has 0 saturated carbocycles. The molecule has 0 radical (unpaired) electrons. The summed E-state index contributed by atoms with van der Waals surface area (Å²) in [6, 6.07) is 17.5. The first-order valence-corrected chi connectivity index (χ1v) is 11.7. The molecule has 35 heavy (non-hydrogen) atoms. The molecule has 0 spiro atoms. The molecule has 2 N–H and O–H groups in total. The summed E-state index contributed by atoms with van der Waals surface area (Å²) in [5.74, 6) is -0.977. The molecule has 3 aromatic rings. The largest absolute Gasteiger partial charge is 0.350 e. The first-order valence-electron chi connectivity index (χ1n) is 11.7. The van der Waals surface area contributed by atoms with E-state index >= 15 is 0 Å². The van der Waals surface area contributed by atoms with E-state index in [-0.39, 0.29) is 30.0 Å². The van der Waals surface area contributed by atoms with Gasteiger partial charge in [0.2, 0.25) is 5.91 Å². The number of fused-ring (bicyclic) bond motifs is 1. The lowest BCUT2D eigenvalue weighted by atomic mass is 9.95. The topological polar surface area (TPSA) is 96.3 Å². The van der Waals surface area contributed by atoms with Crippen LogP contribution in [-0.4, -0.2) is 51.5 Å². The number of aryl methyl sites for hydroxylation is 2. The molecule has 1 aromatic heterocycles. The summed E-state index contributed by atoms with van der Waals surface area (Å²) in [7, 11) is 1.60. The van der Waals surface area contributed by atoms with Gasteiger partial charge in [-0.2, -0.15) is 5.10 Å². The van der Waals surface area contributed by atoms with E-state index in [0.717, 1.165) is 16.7 Å². The van der Waals surface area contributed by atoms with E-state index in [1.165, 1.54) is 21.2 Å². The number of likely N-dealkylation sites (N-methyl/N-ethyl adjacent to an activating group) is 1. The van der Waals surface area contributed by atoms with Crippen LogP contribution in [0, 0.1) is 13.8 Å². The van der Waals surface area contributed by atoms with Crippen LogP contribution >= 0.6 is 0 Å². The Hall–Kier alpha value is -3.94. The Balaban J connectivity index is 1.41. The summed E-state index contributed by atoms with van der Waals surface area (Å²) in [6.07, 6.45) is 0.695. The zero-order valence-corrected chi connectivity index (χ0v) is 20.6. The molecule has 2 heterocycles. The SMILES string of the molecule is Cc1ccc(CCNC(=O)c2cc3n(n2)C[C@](C)(C(=O)NCc2ccc(C)cc2)N(C)C3=O)cc1. The third-order valence-corrected chi connectivity index (χ3v) is 6.62. The van der Waals surface area contributed by atoms with Gasteiger partial charge in [-0.05, 0) is 38.3 Å². The fourth-order valence-electron chi connectivity index (χ4n) is 4.08. The second-order valence-corrected chi connectivity index (χ2v) is 9.37. The number of benzene rings is 2. The highest BCUT2D eigenvalue weighted by atomic mass is 16.2. The minimum Gasteiger partial charge on any atom is -0.350 e. The van der Waals surface area contributed by atoms with E-state index < -0.39 is 5.54 Å². The molecule has 8 nitrogen and oxygen atoms in total. The molecule has 8 heteroatoms. The van der Waals surface area contributed by atoms with E-state index in [4.69, 9.17) is 0 Å². The van der Waals surface area contributed by atoms with Gasteiger partial charge in [0.05, 0.1) is 6.54 Å². The highest BCUT2D eigenvalue weighted by Crippen LogP contribution is 2.26. The Labute approximate surface area is 205 Å². The van der Waals surface area contributed by atoms with E-state index in [9.17, 15) is 14.4 Å². The number of aromatic nitrogens is 2. The van der Waals surface area contributed by atoms with Gasteiger partial charge in [-0.1, -0.05) is 59.7 Å². The van der Waals surface area contributed by atoms with Gasteiger partial charge in [0.1, 0.15) is 11.2 Å². The van der Waals surface area contributed by atoms with Crippen LogP contribution in [-0.2, 0) is 24.3 Å². The molecule has 1 atom stereocenters. The van der Waals surface area contributed by atoms with Crippen molar-refractivity contribution in [1.29, 1.82) is 0 Å². The minimum atomic E-state index is -1.14. The number of nitrogens with zero attached hydrogens (tertiary/aromatic N) is 3. The summed E-state index contributed by atoms with van der Waals surface area (Å²) in [6.45, 7) is 6.71. The third-order valence-electron chi connectivity index (χ3n) is 6.62. The van der Waals surface area contributed by atoms with Crippen molar-refractivity contribution in [1.82, 2.24) is 25.3 Å². The molecule has 0 fully saturated rings. The summed E-state index contributed by atoms with van der Waals surface area (Å²) in [4.78, 5) is 40.3. The average Bonchev–Trinajstić information content (AvgIpc) is 3.27. The molecule has 3 amide bonds. The quantitative estimate of drug-likeness (QED) is 0.551. The lowest BCUT2D eigenvalue weighted by molar-refractivity contribution is -0.132. The van der Waals surface area contributed by atoms with E-state index in [2.05, 4.69) is 15.7 Å². The summed E-state index contributed by atoms with van der Waals surface area (Å²) >= 11 is 0. The molecule has 0 saturated heterocycles. The minimum absolute atomic E-state index is 0.154. The van der Waals surface area contributed by atoms with E-state index in [1.54, 1.807) is 14.0 Å². The standard InChI is InChI=1S/C27H31N5O3/c1-18-5-9-20(10-6-18)13-14-28-24(33)22-15-23-25(34)31(4)27(3,17-32(23)30-22)26(35)29-16-21-11-7-19(2)8-12-21/h5-12,15H,13-14,16-17H2,1-4H3,(H,28,33)(H,29,35)/t27-/m1/s1. The van der Waals surface area contributed by atoms with Crippen LogP contribution < -0.4 is 10.6 Å². The van der Waals surface area contributed by atoms with Gasteiger partial charge >= 0.3 is 0 Å². The number of nitrogens with one attached hydrogen (secondary N) is 2. The predicted molar refractivity (Wildman–Crippen MR) is 133 cm³/mol. The van der Waals surface area contributed by atoms with Crippen LogP contribution in [0.25, 0.3) is 0 Å². The number of hydrogen-bond acceptors (Lipinski definition) is 4. The highest BCUT2D eigenvalue weighted by molar-refractivity contribution is 6.01. The normalized spacial score (nSPS) is 17.1. The molecule has 0 bridgehead atoms. The zero-order valence-electron chi connectivity index (χ0n) is 20.6. The number of rotatable bonds is 7. The molecule has 1 aliphatic rings. The van der Waals surface area contributed by atoms with Crippen molar-refractivity contribution in [3.8, 4) is 0 Å². The van der Waals surface area contributed by atoms with Crippen LogP contribution in [0.3, 0.4) is 0 Å². The van der Waals surface area contributed by atoms with Crippen molar-refractivity contribution >= 4 is 17.7 Å². The Bertz CT molecular complexity index is 1250. The van der Waals surface area contributed by atoms with Gasteiger partial charge in [0.15, 0.2) is 5.69 Å². The highest BCUT2D eigenvalue weighted by Gasteiger charge is 2.46. The van der Waals surface area contributed by atoms with Crippen molar-refractivity contribution in [2.45, 2.75) is 45.8 Å². The number of carbonyl (C=O) groups is 3. The average molecular weight is 474 g/mol. The van der Waals surface area contributed by atoms with Gasteiger partial charge in [-0.3, -0.25) is 19.1 Å². The van der Waals surface area contributed by atoms with Gasteiger partial charge in [0, 0.05) is 26.2 Å². The maximum Gasteiger partial charge on any atom is 0.272 e. The number of hydrogen-bond donors (Lipinski definition) is 2. The summed E-state index contributed by atoms with van der Waals surface area (Å²) in [5, 5.41) is 10.2. The maximum absolute atomic E-state index is 13.1. The van der Waals surface area contributed by atoms with Crippen LogP contribution in [0.5, 0.6) is 0 Å². The predicted octanol–water partition coefficient (Wildman–Crippen LogP) is 2.63. The smallest absolute Gasteiger partial charge is 0.272 e. The molecule has 0 aliphatic carbocycles. The zero-order chi connectivity index (χ0) is 25.2. The first-order chi connectivity index (χ1) is 16.7.